The van der Waals surface area contributed by atoms with Crippen molar-refractivity contribution in [1.82, 2.24) is 0 Å². The molecule has 0 saturated heterocycles. The summed E-state index contributed by atoms with van der Waals surface area (Å²) in [6.07, 6.45) is 0.186. The molecule has 154 valence electrons. The molecule has 1 unspecified atom stereocenters. The maximum Gasteiger partial charge on any atom is 0.296 e. The summed E-state index contributed by atoms with van der Waals surface area (Å²) in [6.45, 7) is 3.54. The summed E-state index contributed by atoms with van der Waals surface area (Å²) < 4.78 is 64.9. The second-order valence-electron chi connectivity index (χ2n) is 6.01. The van der Waals surface area contributed by atoms with Crippen molar-refractivity contribution in [2.24, 2.45) is 0 Å². The van der Waals surface area contributed by atoms with Gasteiger partial charge in [0.05, 0.1) is 10.9 Å². The highest BCUT2D eigenvalue weighted by atomic mass is 79.9. The fourth-order valence-electron chi connectivity index (χ4n) is 2.82. The normalized spacial score (nSPS) is 13.3. The van der Waals surface area contributed by atoms with E-state index in [-0.39, 0.29) is 22.7 Å². The minimum atomic E-state index is -4.82. The van der Waals surface area contributed by atoms with Gasteiger partial charge in [-0.2, -0.15) is 8.42 Å². The Morgan fingerprint density at radius 3 is 2.25 bits per heavy atom. The Morgan fingerprint density at radius 1 is 1.21 bits per heavy atom. The number of alkyl halides is 1. The van der Waals surface area contributed by atoms with Gasteiger partial charge in [0.1, 0.15) is 26.1 Å². The fourth-order valence-corrected chi connectivity index (χ4v) is 6.30. The first-order valence-electron chi connectivity index (χ1n) is 8.03. The van der Waals surface area contributed by atoms with Gasteiger partial charge in [0, 0.05) is 6.07 Å². The van der Waals surface area contributed by atoms with Crippen molar-refractivity contribution < 1.29 is 26.1 Å². The number of halogens is 2. The molecule has 0 aliphatic rings. The topological polar surface area (TPSA) is 124 Å². The number of sulfone groups is 1. The van der Waals surface area contributed by atoms with Gasteiger partial charge < -0.3 is 10.5 Å². The van der Waals surface area contributed by atoms with E-state index in [2.05, 4.69) is 15.9 Å². The van der Waals surface area contributed by atoms with E-state index in [9.17, 15) is 21.4 Å². The van der Waals surface area contributed by atoms with Crippen LogP contribution in [0.3, 0.4) is 0 Å². The third kappa shape index (κ3) is 4.46. The van der Waals surface area contributed by atoms with Crippen LogP contribution in [0.2, 0.25) is 5.02 Å². The van der Waals surface area contributed by atoms with Crippen molar-refractivity contribution in [2.45, 2.75) is 35.3 Å². The maximum absolute atomic E-state index is 13.4. The zero-order valence-electron chi connectivity index (χ0n) is 15.0. The highest BCUT2D eigenvalue weighted by Crippen LogP contribution is 2.45. The summed E-state index contributed by atoms with van der Waals surface area (Å²) >= 11 is 9.23. The second-order valence-corrected chi connectivity index (χ2v) is 10.3. The maximum atomic E-state index is 13.4. The number of hydrogen-bond acceptors (Lipinski definition) is 6. The summed E-state index contributed by atoms with van der Waals surface area (Å²) in [5, 5.41) is -1.38. The highest BCUT2D eigenvalue weighted by Gasteiger charge is 2.36. The molecule has 2 rings (SSSR count). The molecule has 0 aliphatic carbocycles. The summed E-state index contributed by atoms with van der Waals surface area (Å²) in [4.78, 5) is -1.38. The standard InChI is InChI=1S/C17H19BrClNO6S2/c1-3-13(11-6-4-10(2)5-7-11)27(21,22)17-15(19)12(26-9-18)8-14(16(17)20)28(23,24)25/h4-8,13H,3,9,20H2,1-2H3,(H,23,24,25). The van der Waals surface area contributed by atoms with Crippen molar-refractivity contribution in [3.05, 3.63) is 46.5 Å². The van der Waals surface area contributed by atoms with Gasteiger partial charge in [0.2, 0.25) is 0 Å². The second kappa shape index (κ2) is 8.58. The molecule has 0 bridgehead atoms. The van der Waals surface area contributed by atoms with Gasteiger partial charge in [-0.15, -0.1) is 0 Å². The lowest BCUT2D eigenvalue weighted by atomic mass is 10.1. The van der Waals surface area contributed by atoms with Crippen LogP contribution in [0, 0.1) is 6.92 Å². The predicted octanol–water partition coefficient (Wildman–Crippen LogP) is 4.13. The Morgan fingerprint density at radius 2 is 1.79 bits per heavy atom. The Balaban J connectivity index is 2.82. The van der Waals surface area contributed by atoms with E-state index < -0.39 is 40.7 Å². The lowest BCUT2D eigenvalue weighted by molar-refractivity contribution is 0.395. The quantitative estimate of drug-likeness (QED) is 0.325. The van der Waals surface area contributed by atoms with Crippen LogP contribution in [0.4, 0.5) is 5.69 Å². The summed E-state index contributed by atoms with van der Waals surface area (Å²) in [7, 11) is -9.05. The van der Waals surface area contributed by atoms with Crippen LogP contribution < -0.4 is 10.5 Å². The molecule has 2 aromatic carbocycles. The average Bonchev–Trinajstić information content (AvgIpc) is 2.58. The molecular formula is C17H19BrClNO6S2. The number of rotatable bonds is 7. The molecular weight excluding hydrogens is 494 g/mol. The molecule has 0 aliphatic heterocycles. The van der Waals surface area contributed by atoms with Gasteiger partial charge in [-0.25, -0.2) is 8.42 Å². The van der Waals surface area contributed by atoms with Crippen molar-refractivity contribution in [3.8, 4) is 5.75 Å². The summed E-state index contributed by atoms with van der Waals surface area (Å²) in [5.41, 5.74) is 6.56. The molecule has 7 nitrogen and oxygen atoms in total. The van der Waals surface area contributed by atoms with Crippen LogP contribution in [-0.4, -0.2) is 26.9 Å². The Kier molecular flexibility index (Phi) is 7.03. The fraction of sp³-hybridized carbons (Fsp3) is 0.294. The van der Waals surface area contributed by atoms with Crippen molar-refractivity contribution in [1.29, 1.82) is 0 Å². The first kappa shape index (κ1) is 23.0. The number of anilines is 1. The lowest BCUT2D eigenvalue weighted by Crippen LogP contribution is -2.18. The van der Waals surface area contributed by atoms with E-state index in [1.165, 1.54) is 0 Å². The minimum Gasteiger partial charge on any atom is -0.481 e. The largest absolute Gasteiger partial charge is 0.481 e. The van der Waals surface area contributed by atoms with E-state index in [1.807, 2.05) is 6.92 Å². The molecule has 1 atom stereocenters. The Bertz CT molecular complexity index is 1090. The molecule has 0 spiro atoms. The minimum absolute atomic E-state index is 0.0871. The molecule has 11 heteroatoms. The van der Waals surface area contributed by atoms with Crippen LogP contribution in [0.5, 0.6) is 5.75 Å². The number of nitrogen functional groups attached to an aromatic ring is 1. The van der Waals surface area contributed by atoms with E-state index >= 15 is 0 Å². The van der Waals surface area contributed by atoms with Gasteiger partial charge >= 0.3 is 0 Å². The van der Waals surface area contributed by atoms with Crippen molar-refractivity contribution in [2.75, 3.05) is 11.2 Å². The van der Waals surface area contributed by atoms with Crippen molar-refractivity contribution in [3.63, 3.8) is 0 Å². The Hall–Kier alpha value is -1.33. The zero-order chi connectivity index (χ0) is 21.3. The molecule has 0 fully saturated rings. The molecule has 3 N–H and O–H groups in total. The molecule has 0 saturated carbocycles. The smallest absolute Gasteiger partial charge is 0.296 e. The molecule has 0 amide bonds. The third-order valence-corrected chi connectivity index (χ3v) is 8.11. The van der Waals surface area contributed by atoms with Crippen LogP contribution in [0.25, 0.3) is 0 Å². The number of aryl methyl sites for hydroxylation is 1. The molecule has 0 aromatic heterocycles. The van der Waals surface area contributed by atoms with Crippen LogP contribution in [-0.2, 0) is 20.0 Å². The number of hydrogen-bond donors (Lipinski definition) is 2. The summed E-state index contributed by atoms with van der Waals surface area (Å²) in [5.74, 6) is -0.238. The van der Waals surface area contributed by atoms with Crippen LogP contribution in [0.15, 0.2) is 40.1 Å². The molecule has 0 radical (unpaired) electrons. The monoisotopic (exact) mass is 511 g/mol. The first-order valence-corrected chi connectivity index (χ1v) is 12.5. The van der Waals surface area contributed by atoms with Gasteiger partial charge in [-0.1, -0.05) is 48.4 Å². The molecule has 2 aromatic rings. The van der Waals surface area contributed by atoms with Crippen LogP contribution >= 0.6 is 27.5 Å². The van der Waals surface area contributed by atoms with Gasteiger partial charge in [0.15, 0.2) is 9.84 Å². The average molecular weight is 513 g/mol. The first-order chi connectivity index (χ1) is 12.9. The lowest BCUT2D eigenvalue weighted by Gasteiger charge is -2.21. The van der Waals surface area contributed by atoms with Gasteiger partial charge in [-0.3, -0.25) is 4.55 Å². The number of benzene rings is 2. The van der Waals surface area contributed by atoms with E-state index in [0.717, 1.165) is 11.6 Å². The third-order valence-electron chi connectivity index (χ3n) is 4.15. The van der Waals surface area contributed by atoms with Gasteiger partial charge in [0.25, 0.3) is 10.1 Å². The van der Waals surface area contributed by atoms with E-state index in [4.69, 9.17) is 22.1 Å². The predicted molar refractivity (Wildman–Crippen MR) is 111 cm³/mol. The van der Waals surface area contributed by atoms with Crippen molar-refractivity contribution >= 4 is 53.2 Å². The SMILES string of the molecule is CCC(c1ccc(C)cc1)S(=O)(=O)c1c(N)c(S(=O)(=O)O)cc(OCBr)c1Cl. The zero-order valence-corrected chi connectivity index (χ0v) is 19.0. The summed E-state index contributed by atoms with van der Waals surface area (Å²) in [6, 6.07) is 7.78. The molecule has 28 heavy (non-hydrogen) atoms. The van der Waals surface area contributed by atoms with Crippen LogP contribution in [0.1, 0.15) is 29.7 Å². The Labute approximate surface area is 177 Å². The highest BCUT2D eigenvalue weighted by molar-refractivity contribution is 9.09. The van der Waals surface area contributed by atoms with E-state index in [1.54, 1.807) is 31.2 Å². The number of ether oxygens (including phenoxy) is 1. The van der Waals surface area contributed by atoms with Gasteiger partial charge in [-0.05, 0) is 34.8 Å². The molecule has 0 heterocycles. The van der Waals surface area contributed by atoms with E-state index in [0.29, 0.717) is 5.56 Å². The number of nitrogens with two attached hydrogens (primary N) is 1.